The van der Waals surface area contributed by atoms with Gasteiger partial charge in [-0.05, 0) is 43.7 Å². The number of hydrogen-bond acceptors (Lipinski definition) is 4. The van der Waals surface area contributed by atoms with Crippen molar-refractivity contribution in [1.82, 2.24) is 0 Å². The number of carboxylic acid groups (broad SMARTS) is 1. The first-order valence-corrected chi connectivity index (χ1v) is 9.54. The molecule has 2 amide bonds. The fraction of sp³-hybridized carbons (Fsp3) is 0.250. The topological polar surface area (TPSA) is 86.7 Å². The highest BCUT2D eigenvalue weighted by molar-refractivity contribution is 8.00. The van der Waals surface area contributed by atoms with Gasteiger partial charge >= 0.3 is 5.97 Å². The lowest BCUT2D eigenvalue weighted by Crippen LogP contribution is -2.23. The standard InChI is InChI=1S/C20H20N2O4S/c1-13(20(25)26)27-17-9-3-2-8-16(17)19(24)21-14-6-4-7-15(12-14)22-11-5-10-18(22)23/h2-4,6-9,12-13H,5,10-11H2,1H3,(H,21,24)(H,25,26). The quantitative estimate of drug-likeness (QED) is 0.743. The van der Waals surface area contributed by atoms with Crippen LogP contribution in [0.5, 0.6) is 0 Å². The van der Waals surface area contributed by atoms with Crippen LogP contribution in [0.2, 0.25) is 0 Å². The molecule has 1 unspecified atom stereocenters. The van der Waals surface area contributed by atoms with E-state index in [0.29, 0.717) is 29.1 Å². The molecular formula is C20H20N2O4S. The fourth-order valence-electron chi connectivity index (χ4n) is 2.87. The van der Waals surface area contributed by atoms with Crippen molar-refractivity contribution < 1.29 is 19.5 Å². The molecule has 27 heavy (non-hydrogen) atoms. The first-order valence-electron chi connectivity index (χ1n) is 8.66. The molecule has 1 aliphatic rings. The lowest BCUT2D eigenvalue weighted by Gasteiger charge is -2.17. The number of nitrogens with zero attached hydrogens (tertiary/aromatic N) is 1. The van der Waals surface area contributed by atoms with Gasteiger partial charge in [0.1, 0.15) is 5.25 Å². The Kier molecular flexibility index (Phi) is 5.81. The summed E-state index contributed by atoms with van der Waals surface area (Å²) in [4.78, 5) is 38.1. The number of amides is 2. The van der Waals surface area contributed by atoms with Crippen LogP contribution in [0.4, 0.5) is 11.4 Å². The minimum Gasteiger partial charge on any atom is -0.480 e. The molecule has 1 atom stereocenters. The van der Waals surface area contributed by atoms with Gasteiger partial charge in [-0.3, -0.25) is 14.4 Å². The third-order valence-corrected chi connectivity index (χ3v) is 5.44. The number of thioether (sulfide) groups is 1. The second-order valence-electron chi connectivity index (χ2n) is 6.25. The Labute approximate surface area is 161 Å². The van der Waals surface area contributed by atoms with Gasteiger partial charge in [-0.1, -0.05) is 18.2 Å². The minimum atomic E-state index is -0.932. The van der Waals surface area contributed by atoms with Crippen LogP contribution in [-0.4, -0.2) is 34.7 Å². The molecule has 7 heteroatoms. The van der Waals surface area contributed by atoms with E-state index in [1.165, 1.54) is 0 Å². The van der Waals surface area contributed by atoms with E-state index in [2.05, 4.69) is 5.32 Å². The third-order valence-electron chi connectivity index (χ3n) is 4.27. The molecule has 6 nitrogen and oxygen atoms in total. The largest absolute Gasteiger partial charge is 0.480 e. The summed E-state index contributed by atoms with van der Waals surface area (Å²) in [6, 6.07) is 14.1. The van der Waals surface area contributed by atoms with E-state index >= 15 is 0 Å². The minimum absolute atomic E-state index is 0.0860. The number of carboxylic acids is 1. The summed E-state index contributed by atoms with van der Waals surface area (Å²) in [5.41, 5.74) is 1.76. The second-order valence-corrected chi connectivity index (χ2v) is 7.63. The molecule has 2 N–H and O–H groups in total. The Morgan fingerprint density at radius 2 is 1.96 bits per heavy atom. The summed E-state index contributed by atoms with van der Waals surface area (Å²) in [6.07, 6.45) is 1.38. The maximum atomic E-state index is 12.7. The van der Waals surface area contributed by atoms with Crippen molar-refractivity contribution in [3.05, 3.63) is 54.1 Å². The molecule has 1 fully saturated rings. The molecule has 0 bridgehead atoms. The van der Waals surface area contributed by atoms with E-state index in [0.717, 1.165) is 23.9 Å². The van der Waals surface area contributed by atoms with Crippen LogP contribution in [0.1, 0.15) is 30.1 Å². The van der Waals surface area contributed by atoms with Crippen LogP contribution >= 0.6 is 11.8 Å². The molecule has 0 aromatic heterocycles. The molecule has 0 saturated carbocycles. The summed E-state index contributed by atoms with van der Waals surface area (Å²) >= 11 is 1.13. The van der Waals surface area contributed by atoms with Crippen LogP contribution in [0.3, 0.4) is 0 Å². The highest BCUT2D eigenvalue weighted by Gasteiger charge is 2.22. The number of benzene rings is 2. The summed E-state index contributed by atoms with van der Waals surface area (Å²) in [6.45, 7) is 2.26. The van der Waals surface area contributed by atoms with Crippen molar-refractivity contribution in [1.29, 1.82) is 0 Å². The molecule has 1 aliphatic heterocycles. The fourth-order valence-corrected chi connectivity index (χ4v) is 3.80. The molecule has 0 radical (unpaired) electrons. The van der Waals surface area contributed by atoms with Crippen LogP contribution < -0.4 is 10.2 Å². The van der Waals surface area contributed by atoms with Gasteiger partial charge in [-0.25, -0.2) is 0 Å². The van der Waals surface area contributed by atoms with E-state index in [1.54, 1.807) is 54.3 Å². The van der Waals surface area contributed by atoms with Gasteiger partial charge in [0.15, 0.2) is 0 Å². The molecule has 140 valence electrons. The van der Waals surface area contributed by atoms with Crippen LogP contribution in [0, 0.1) is 0 Å². The Morgan fingerprint density at radius 1 is 1.19 bits per heavy atom. The molecular weight excluding hydrogens is 364 g/mol. The van der Waals surface area contributed by atoms with E-state index in [9.17, 15) is 14.4 Å². The van der Waals surface area contributed by atoms with Gasteiger partial charge < -0.3 is 15.3 Å². The lowest BCUT2D eigenvalue weighted by atomic mass is 10.2. The zero-order chi connectivity index (χ0) is 19.4. The molecule has 1 saturated heterocycles. The average Bonchev–Trinajstić information content (AvgIpc) is 3.08. The molecule has 0 aliphatic carbocycles. The number of carbonyl (C=O) groups is 3. The monoisotopic (exact) mass is 384 g/mol. The van der Waals surface area contributed by atoms with Gasteiger partial charge in [-0.15, -0.1) is 11.8 Å². The van der Waals surface area contributed by atoms with Crippen LogP contribution in [0.15, 0.2) is 53.4 Å². The summed E-state index contributed by atoms with van der Waals surface area (Å²) in [5, 5.41) is 11.3. The van der Waals surface area contributed by atoms with Gasteiger partial charge in [0.2, 0.25) is 5.91 Å². The Balaban J connectivity index is 1.78. The number of rotatable bonds is 6. The summed E-state index contributed by atoms with van der Waals surface area (Å²) < 4.78 is 0. The maximum absolute atomic E-state index is 12.7. The van der Waals surface area contributed by atoms with E-state index in [4.69, 9.17) is 5.11 Å². The van der Waals surface area contributed by atoms with Crippen LogP contribution in [0.25, 0.3) is 0 Å². The number of aliphatic carboxylic acids is 1. The number of hydrogen-bond donors (Lipinski definition) is 2. The van der Waals surface area contributed by atoms with Crippen molar-refractivity contribution in [2.75, 3.05) is 16.8 Å². The Bertz CT molecular complexity index is 884. The lowest BCUT2D eigenvalue weighted by molar-refractivity contribution is -0.136. The van der Waals surface area contributed by atoms with E-state index < -0.39 is 11.2 Å². The zero-order valence-corrected chi connectivity index (χ0v) is 15.7. The third kappa shape index (κ3) is 4.49. The van der Waals surface area contributed by atoms with Gasteiger partial charge in [0.05, 0.1) is 5.56 Å². The molecule has 0 spiro atoms. The van der Waals surface area contributed by atoms with Crippen molar-refractivity contribution in [2.45, 2.75) is 29.9 Å². The average molecular weight is 384 g/mol. The first-order chi connectivity index (χ1) is 13.0. The Hall–Kier alpha value is -2.80. The SMILES string of the molecule is CC(Sc1ccccc1C(=O)Nc1cccc(N2CCCC2=O)c1)C(=O)O. The summed E-state index contributed by atoms with van der Waals surface area (Å²) in [7, 11) is 0. The predicted octanol–water partition coefficient (Wildman–Crippen LogP) is 3.63. The highest BCUT2D eigenvalue weighted by Crippen LogP contribution is 2.28. The van der Waals surface area contributed by atoms with Crippen molar-refractivity contribution in [2.24, 2.45) is 0 Å². The van der Waals surface area contributed by atoms with Gasteiger partial charge in [0.25, 0.3) is 5.91 Å². The number of carbonyl (C=O) groups excluding carboxylic acids is 2. The molecule has 1 heterocycles. The second kappa shape index (κ2) is 8.26. The van der Waals surface area contributed by atoms with Crippen molar-refractivity contribution in [3.8, 4) is 0 Å². The Morgan fingerprint density at radius 3 is 2.67 bits per heavy atom. The predicted molar refractivity (Wildman–Crippen MR) is 105 cm³/mol. The number of anilines is 2. The smallest absolute Gasteiger partial charge is 0.316 e. The van der Waals surface area contributed by atoms with Gasteiger partial charge in [-0.2, -0.15) is 0 Å². The molecule has 2 aromatic rings. The zero-order valence-electron chi connectivity index (χ0n) is 14.8. The number of nitrogens with one attached hydrogen (secondary N) is 1. The summed E-state index contributed by atoms with van der Waals surface area (Å²) in [5.74, 6) is -1.17. The van der Waals surface area contributed by atoms with E-state index in [1.807, 2.05) is 6.07 Å². The van der Waals surface area contributed by atoms with E-state index in [-0.39, 0.29) is 11.8 Å². The van der Waals surface area contributed by atoms with Gasteiger partial charge in [0, 0.05) is 29.2 Å². The molecule has 2 aromatic carbocycles. The normalized spacial score (nSPS) is 14.9. The first kappa shape index (κ1) is 19.0. The maximum Gasteiger partial charge on any atom is 0.316 e. The highest BCUT2D eigenvalue weighted by atomic mass is 32.2. The van der Waals surface area contributed by atoms with Crippen LogP contribution in [-0.2, 0) is 9.59 Å². The van der Waals surface area contributed by atoms with Crippen molar-refractivity contribution >= 4 is 40.9 Å². The molecule has 3 rings (SSSR count). The van der Waals surface area contributed by atoms with Crippen molar-refractivity contribution in [3.63, 3.8) is 0 Å².